The molecule has 0 aliphatic carbocycles. The van der Waals surface area contributed by atoms with E-state index in [2.05, 4.69) is 4.72 Å². The Kier molecular flexibility index (Phi) is 3.76. The Bertz CT molecular complexity index is 308. The maximum atomic E-state index is 12.0. The first-order valence-electron chi connectivity index (χ1n) is 5.27. The number of rotatable bonds is 3. The van der Waals surface area contributed by atoms with E-state index < -0.39 is 15.7 Å². The molecule has 3 N–H and O–H groups in total. The van der Waals surface area contributed by atoms with E-state index in [-0.39, 0.29) is 6.04 Å². The summed E-state index contributed by atoms with van der Waals surface area (Å²) in [5, 5.41) is 0. The summed E-state index contributed by atoms with van der Waals surface area (Å²) >= 11 is 0. The van der Waals surface area contributed by atoms with Gasteiger partial charge in [0.05, 0.1) is 0 Å². The largest absolute Gasteiger partial charge is 0.329 e. The average Bonchev–Trinajstić information content (AvgIpc) is 2.46. The first-order valence-corrected chi connectivity index (χ1v) is 6.71. The van der Waals surface area contributed by atoms with Crippen molar-refractivity contribution in [3.05, 3.63) is 0 Å². The number of hydrogen-bond acceptors (Lipinski definition) is 3. The Balaban J connectivity index is 2.77. The van der Waals surface area contributed by atoms with Crippen LogP contribution in [0.2, 0.25) is 0 Å². The van der Waals surface area contributed by atoms with Crippen molar-refractivity contribution >= 4 is 10.2 Å². The van der Waals surface area contributed by atoms with Crippen LogP contribution in [0.15, 0.2) is 0 Å². The normalized spacial score (nSPS) is 24.7. The van der Waals surface area contributed by atoms with Gasteiger partial charge in [0.2, 0.25) is 0 Å². The molecule has 1 unspecified atom stereocenters. The maximum Gasteiger partial charge on any atom is 0.280 e. The fourth-order valence-electron chi connectivity index (χ4n) is 1.81. The molecule has 0 radical (unpaired) electrons. The Morgan fingerprint density at radius 3 is 2.53 bits per heavy atom. The van der Waals surface area contributed by atoms with Crippen LogP contribution in [0.3, 0.4) is 0 Å². The second-order valence-corrected chi connectivity index (χ2v) is 6.62. The highest BCUT2D eigenvalue weighted by atomic mass is 32.2. The molecular formula is C9H21N3O2S. The first kappa shape index (κ1) is 12.9. The van der Waals surface area contributed by atoms with Crippen molar-refractivity contribution in [3.8, 4) is 0 Å². The molecule has 1 heterocycles. The molecule has 1 rings (SSSR count). The molecule has 5 nitrogen and oxygen atoms in total. The number of nitrogens with zero attached hydrogens (tertiary/aromatic N) is 1. The van der Waals surface area contributed by atoms with Crippen LogP contribution in [0.4, 0.5) is 0 Å². The number of hydrogen-bond donors (Lipinski definition) is 2. The molecule has 1 aliphatic rings. The van der Waals surface area contributed by atoms with Gasteiger partial charge in [-0.3, -0.25) is 0 Å². The van der Waals surface area contributed by atoms with Crippen molar-refractivity contribution in [2.24, 2.45) is 5.73 Å². The van der Waals surface area contributed by atoms with Gasteiger partial charge in [0.15, 0.2) is 0 Å². The van der Waals surface area contributed by atoms with Crippen molar-refractivity contribution in [3.63, 3.8) is 0 Å². The van der Waals surface area contributed by atoms with Gasteiger partial charge in [-0.25, -0.2) is 0 Å². The van der Waals surface area contributed by atoms with Crippen molar-refractivity contribution in [1.29, 1.82) is 0 Å². The SMILES string of the molecule is CC(C)(C)NS(=O)(=O)N1CCCC1CN. The molecular weight excluding hydrogens is 214 g/mol. The van der Waals surface area contributed by atoms with Gasteiger partial charge in [-0.15, -0.1) is 0 Å². The molecule has 1 fully saturated rings. The minimum absolute atomic E-state index is 0.0372. The highest BCUT2D eigenvalue weighted by molar-refractivity contribution is 7.87. The van der Waals surface area contributed by atoms with Crippen LogP contribution >= 0.6 is 0 Å². The van der Waals surface area contributed by atoms with Gasteiger partial charge in [0.25, 0.3) is 10.2 Å². The third kappa shape index (κ3) is 3.41. The zero-order valence-corrected chi connectivity index (χ0v) is 10.5. The van der Waals surface area contributed by atoms with E-state index in [1.807, 2.05) is 20.8 Å². The summed E-state index contributed by atoms with van der Waals surface area (Å²) in [4.78, 5) is 0. The zero-order valence-electron chi connectivity index (χ0n) is 9.66. The second-order valence-electron chi connectivity index (χ2n) is 5.00. The zero-order chi connectivity index (χ0) is 11.7. The lowest BCUT2D eigenvalue weighted by atomic mass is 10.1. The van der Waals surface area contributed by atoms with Crippen molar-refractivity contribution < 1.29 is 8.42 Å². The van der Waals surface area contributed by atoms with Crippen LogP contribution in [0.5, 0.6) is 0 Å². The molecule has 1 aliphatic heterocycles. The topological polar surface area (TPSA) is 75.4 Å². The fourth-order valence-corrected chi connectivity index (χ4v) is 3.65. The van der Waals surface area contributed by atoms with Crippen LogP contribution < -0.4 is 10.5 Å². The van der Waals surface area contributed by atoms with Crippen molar-refractivity contribution in [1.82, 2.24) is 9.03 Å². The molecule has 1 saturated heterocycles. The molecule has 90 valence electrons. The Morgan fingerprint density at radius 1 is 1.47 bits per heavy atom. The van der Waals surface area contributed by atoms with Crippen molar-refractivity contribution in [2.45, 2.75) is 45.2 Å². The van der Waals surface area contributed by atoms with E-state index >= 15 is 0 Å². The minimum Gasteiger partial charge on any atom is -0.329 e. The van der Waals surface area contributed by atoms with Crippen LogP contribution in [-0.4, -0.2) is 37.4 Å². The van der Waals surface area contributed by atoms with Crippen molar-refractivity contribution in [2.75, 3.05) is 13.1 Å². The standard InChI is InChI=1S/C9H21N3O2S/c1-9(2,3)11-15(13,14)12-6-4-5-8(12)7-10/h8,11H,4-7,10H2,1-3H3. The lowest BCUT2D eigenvalue weighted by molar-refractivity contribution is 0.370. The lowest BCUT2D eigenvalue weighted by Gasteiger charge is -2.28. The van der Waals surface area contributed by atoms with E-state index in [0.717, 1.165) is 12.8 Å². The summed E-state index contributed by atoms with van der Waals surface area (Å²) in [6.07, 6.45) is 1.76. The predicted molar refractivity (Wildman–Crippen MR) is 60.6 cm³/mol. The summed E-state index contributed by atoms with van der Waals surface area (Å²) in [5.41, 5.74) is 5.11. The van der Waals surface area contributed by atoms with Crippen LogP contribution in [-0.2, 0) is 10.2 Å². The summed E-state index contributed by atoms with van der Waals surface area (Å²) in [5.74, 6) is 0. The number of nitrogens with two attached hydrogens (primary N) is 1. The second kappa shape index (κ2) is 4.37. The molecule has 0 aromatic carbocycles. The fraction of sp³-hybridized carbons (Fsp3) is 1.00. The third-order valence-corrected chi connectivity index (χ3v) is 4.31. The van der Waals surface area contributed by atoms with E-state index in [0.29, 0.717) is 13.1 Å². The molecule has 0 amide bonds. The van der Waals surface area contributed by atoms with Gasteiger partial charge in [0.1, 0.15) is 0 Å². The predicted octanol–water partition coefficient (Wildman–Crippen LogP) is 0.0424. The van der Waals surface area contributed by atoms with Crippen LogP contribution in [0, 0.1) is 0 Å². The highest BCUT2D eigenvalue weighted by Gasteiger charge is 2.35. The molecule has 0 saturated carbocycles. The Morgan fingerprint density at radius 2 is 2.07 bits per heavy atom. The van der Waals surface area contributed by atoms with Gasteiger partial charge in [-0.1, -0.05) is 0 Å². The Labute approximate surface area is 92.2 Å². The van der Waals surface area contributed by atoms with Gasteiger partial charge in [0, 0.05) is 24.7 Å². The third-order valence-electron chi connectivity index (χ3n) is 2.34. The first-order chi connectivity index (χ1) is 6.76. The van der Waals surface area contributed by atoms with E-state index in [4.69, 9.17) is 5.73 Å². The molecule has 15 heavy (non-hydrogen) atoms. The lowest BCUT2D eigenvalue weighted by Crippen LogP contribution is -2.51. The highest BCUT2D eigenvalue weighted by Crippen LogP contribution is 2.20. The molecule has 0 aromatic heterocycles. The molecule has 0 spiro atoms. The smallest absolute Gasteiger partial charge is 0.280 e. The molecule has 0 aromatic rings. The van der Waals surface area contributed by atoms with E-state index in [1.54, 1.807) is 0 Å². The molecule has 1 atom stereocenters. The van der Waals surface area contributed by atoms with E-state index in [9.17, 15) is 8.42 Å². The van der Waals surface area contributed by atoms with Crippen LogP contribution in [0.25, 0.3) is 0 Å². The van der Waals surface area contributed by atoms with Gasteiger partial charge >= 0.3 is 0 Å². The maximum absolute atomic E-state index is 12.0. The average molecular weight is 235 g/mol. The van der Waals surface area contributed by atoms with Gasteiger partial charge in [-0.2, -0.15) is 17.4 Å². The quantitative estimate of drug-likeness (QED) is 0.725. The summed E-state index contributed by atoms with van der Waals surface area (Å²) in [6.45, 7) is 6.46. The number of nitrogens with one attached hydrogen (secondary N) is 1. The van der Waals surface area contributed by atoms with Gasteiger partial charge in [-0.05, 0) is 33.6 Å². The summed E-state index contributed by atoms with van der Waals surface area (Å²) in [6, 6.07) is -0.0372. The summed E-state index contributed by atoms with van der Waals surface area (Å²) < 4.78 is 28.1. The summed E-state index contributed by atoms with van der Waals surface area (Å²) in [7, 11) is -3.38. The van der Waals surface area contributed by atoms with Crippen LogP contribution in [0.1, 0.15) is 33.6 Å². The Hall–Kier alpha value is -0.170. The monoisotopic (exact) mass is 235 g/mol. The molecule has 6 heteroatoms. The van der Waals surface area contributed by atoms with E-state index in [1.165, 1.54) is 4.31 Å². The molecule has 0 bridgehead atoms. The minimum atomic E-state index is -3.38. The van der Waals surface area contributed by atoms with Gasteiger partial charge < -0.3 is 5.73 Å².